The van der Waals surface area contributed by atoms with E-state index in [2.05, 4.69) is 34.7 Å². The summed E-state index contributed by atoms with van der Waals surface area (Å²) >= 11 is 0. The summed E-state index contributed by atoms with van der Waals surface area (Å²) in [6.45, 7) is 3.28. The van der Waals surface area contributed by atoms with E-state index in [1.165, 1.54) is 17.7 Å². The number of rotatable bonds is 5. The van der Waals surface area contributed by atoms with Crippen molar-refractivity contribution >= 4 is 29.9 Å². The molecule has 1 aliphatic rings. The van der Waals surface area contributed by atoms with E-state index in [1.807, 2.05) is 18.2 Å². The van der Waals surface area contributed by atoms with E-state index in [-0.39, 0.29) is 42.6 Å². The summed E-state index contributed by atoms with van der Waals surface area (Å²) in [4.78, 5) is 4.26. The van der Waals surface area contributed by atoms with Crippen molar-refractivity contribution in [1.29, 1.82) is 0 Å². The number of nitrogens with one attached hydrogen (secondary N) is 2. The molecule has 0 saturated carbocycles. The standard InChI is InChI=1S/C20H24FN3O2.HI/c1-14(15-6-4-3-5-7-15)24-20(22-2)23-9-8-16-10-18(21)11-17-12-25-13-26-19(16)17;/h3-7,10-11,14H,8-9,12-13H2,1-2H3,(H2,22,23,24);1H. The topological polar surface area (TPSA) is 54.9 Å². The Hall–Kier alpha value is -1.87. The smallest absolute Gasteiger partial charge is 0.191 e. The molecule has 7 heteroatoms. The number of hydrogen-bond acceptors (Lipinski definition) is 3. The second-order valence-corrected chi connectivity index (χ2v) is 6.19. The summed E-state index contributed by atoms with van der Waals surface area (Å²) in [6.07, 6.45) is 0.626. The number of benzene rings is 2. The highest BCUT2D eigenvalue weighted by molar-refractivity contribution is 14.0. The first-order chi connectivity index (χ1) is 12.7. The summed E-state index contributed by atoms with van der Waals surface area (Å²) in [5.74, 6) is 1.17. The molecule has 3 rings (SSSR count). The molecule has 2 aromatic rings. The third-order valence-electron chi connectivity index (χ3n) is 4.31. The second kappa shape index (κ2) is 10.5. The van der Waals surface area contributed by atoms with Gasteiger partial charge in [-0.15, -0.1) is 24.0 Å². The highest BCUT2D eigenvalue weighted by Gasteiger charge is 2.17. The van der Waals surface area contributed by atoms with Crippen LogP contribution in [0.25, 0.3) is 0 Å². The van der Waals surface area contributed by atoms with Crippen molar-refractivity contribution in [1.82, 2.24) is 10.6 Å². The van der Waals surface area contributed by atoms with Gasteiger partial charge in [0.25, 0.3) is 0 Å². The zero-order valence-electron chi connectivity index (χ0n) is 15.5. The number of hydrogen-bond donors (Lipinski definition) is 2. The van der Waals surface area contributed by atoms with Crippen molar-refractivity contribution in [3.8, 4) is 5.75 Å². The Morgan fingerprint density at radius 2 is 2.04 bits per heavy atom. The van der Waals surface area contributed by atoms with E-state index in [0.717, 1.165) is 16.9 Å². The Morgan fingerprint density at radius 1 is 1.26 bits per heavy atom. The molecule has 0 aromatic heterocycles. The highest BCUT2D eigenvalue weighted by Crippen LogP contribution is 2.29. The quantitative estimate of drug-likeness (QED) is 0.385. The Bertz CT molecular complexity index is 771. The van der Waals surface area contributed by atoms with E-state index in [1.54, 1.807) is 7.05 Å². The monoisotopic (exact) mass is 485 g/mol. The predicted molar refractivity (Wildman–Crippen MR) is 115 cm³/mol. The molecule has 0 amide bonds. The number of halogens is 2. The maximum Gasteiger partial charge on any atom is 0.191 e. The van der Waals surface area contributed by atoms with Crippen LogP contribution >= 0.6 is 24.0 Å². The van der Waals surface area contributed by atoms with Crippen LogP contribution in [0.3, 0.4) is 0 Å². The van der Waals surface area contributed by atoms with Crippen LogP contribution in [-0.4, -0.2) is 26.3 Å². The highest BCUT2D eigenvalue weighted by atomic mass is 127. The van der Waals surface area contributed by atoms with Crippen LogP contribution in [0.5, 0.6) is 5.75 Å². The third-order valence-corrected chi connectivity index (χ3v) is 4.31. The van der Waals surface area contributed by atoms with Gasteiger partial charge in [0.15, 0.2) is 12.8 Å². The minimum absolute atomic E-state index is 0. The summed E-state index contributed by atoms with van der Waals surface area (Å²) in [6, 6.07) is 13.3. The van der Waals surface area contributed by atoms with E-state index >= 15 is 0 Å². The fraction of sp³-hybridized carbons (Fsp3) is 0.350. The molecule has 0 fully saturated rings. The molecule has 2 N–H and O–H groups in total. The van der Waals surface area contributed by atoms with E-state index in [4.69, 9.17) is 9.47 Å². The molecule has 27 heavy (non-hydrogen) atoms. The lowest BCUT2D eigenvalue weighted by Crippen LogP contribution is -2.39. The lowest BCUT2D eigenvalue weighted by molar-refractivity contribution is -0.0172. The fourth-order valence-electron chi connectivity index (χ4n) is 2.98. The van der Waals surface area contributed by atoms with E-state index in [9.17, 15) is 4.39 Å². The first-order valence-corrected chi connectivity index (χ1v) is 8.71. The summed E-state index contributed by atoms with van der Waals surface area (Å²) < 4.78 is 24.6. The van der Waals surface area contributed by atoms with Gasteiger partial charge in [0, 0.05) is 19.2 Å². The van der Waals surface area contributed by atoms with Gasteiger partial charge in [-0.3, -0.25) is 4.99 Å². The molecule has 146 valence electrons. The van der Waals surface area contributed by atoms with Gasteiger partial charge in [0.05, 0.1) is 12.6 Å². The molecule has 0 aliphatic carbocycles. The van der Waals surface area contributed by atoms with Gasteiger partial charge in [0.2, 0.25) is 0 Å². The van der Waals surface area contributed by atoms with Crippen LogP contribution in [0.15, 0.2) is 47.5 Å². The zero-order chi connectivity index (χ0) is 18.4. The van der Waals surface area contributed by atoms with Crippen LogP contribution in [0.4, 0.5) is 4.39 Å². The first kappa shape index (κ1) is 21.4. The van der Waals surface area contributed by atoms with Crippen LogP contribution in [0.1, 0.15) is 29.7 Å². The number of aliphatic imine (C=N–C) groups is 1. The molecular formula is C20H25FIN3O2. The second-order valence-electron chi connectivity index (χ2n) is 6.19. The SMILES string of the molecule is CN=C(NCCc1cc(F)cc2c1OCOC2)NC(C)c1ccccc1.I. The van der Waals surface area contributed by atoms with Crippen LogP contribution < -0.4 is 15.4 Å². The molecule has 0 saturated heterocycles. The maximum absolute atomic E-state index is 13.8. The van der Waals surface area contributed by atoms with Crippen molar-refractivity contribution < 1.29 is 13.9 Å². The zero-order valence-corrected chi connectivity index (χ0v) is 17.8. The van der Waals surface area contributed by atoms with Gasteiger partial charge < -0.3 is 20.1 Å². The van der Waals surface area contributed by atoms with Gasteiger partial charge in [-0.1, -0.05) is 30.3 Å². The molecule has 1 atom stereocenters. The normalized spacial score (nSPS) is 14.4. The van der Waals surface area contributed by atoms with Crippen LogP contribution in [0, 0.1) is 5.82 Å². The van der Waals surface area contributed by atoms with Gasteiger partial charge >= 0.3 is 0 Å². The van der Waals surface area contributed by atoms with Gasteiger partial charge in [-0.25, -0.2) is 4.39 Å². The van der Waals surface area contributed by atoms with Crippen LogP contribution in [-0.2, 0) is 17.8 Å². The predicted octanol–water partition coefficient (Wildman–Crippen LogP) is 3.78. The van der Waals surface area contributed by atoms with E-state index in [0.29, 0.717) is 25.5 Å². The number of ether oxygens (including phenoxy) is 2. The number of guanidine groups is 1. The Morgan fingerprint density at radius 3 is 2.78 bits per heavy atom. The number of nitrogens with zero attached hydrogens (tertiary/aromatic N) is 1. The Balaban J connectivity index is 0.00000261. The average Bonchev–Trinajstić information content (AvgIpc) is 2.67. The van der Waals surface area contributed by atoms with Crippen molar-refractivity contribution in [2.24, 2.45) is 4.99 Å². The molecule has 2 aromatic carbocycles. The Labute approximate surface area is 176 Å². The van der Waals surface area contributed by atoms with Gasteiger partial charge in [0.1, 0.15) is 11.6 Å². The summed E-state index contributed by atoms with van der Waals surface area (Å²) in [7, 11) is 1.73. The lowest BCUT2D eigenvalue weighted by Gasteiger charge is -2.21. The average molecular weight is 485 g/mol. The van der Waals surface area contributed by atoms with Gasteiger partial charge in [-0.05, 0) is 36.6 Å². The minimum atomic E-state index is -0.270. The lowest BCUT2D eigenvalue weighted by atomic mass is 10.1. The van der Waals surface area contributed by atoms with Crippen molar-refractivity contribution in [2.45, 2.75) is 26.0 Å². The molecule has 0 spiro atoms. The van der Waals surface area contributed by atoms with Crippen LogP contribution in [0.2, 0.25) is 0 Å². The molecule has 1 unspecified atom stereocenters. The summed E-state index contributed by atoms with van der Waals surface area (Å²) in [5.41, 5.74) is 2.77. The van der Waals surface area contributed by atoms with Crippen molar-refractivity contribution in [3.63, 3.8) is 0 Å². The fourth-order valence-corrected chi connectivity index (χ4v) is 2.98. The maximum atomic E-state index is 13.8. The number of fused-ring (bicyclic) bond motifs is 1. The van der Waals surface area contributed by atoms with E-state index < -0.39 is 0 Å². The summed E-state index contributed by atoms with van der Waals surface area (Å²) in [5, 5.41) is 6.63. The minimum Gasteiger partial charge on any atom is -0.467 e. The Kier molecular flexibility index (Phi) is 8.30. The molecule has 1 aliphatic heterocycles. The van der Waals surface area contributed by atoms with Gasteiger partial charge in [-0.2, -0.15) is 0 Å². The third kappa shape index (κ3) is 5.80. The molecule has 1 heterocycles. The molecule has 0 bridgehead atoms. The molecule has 0 radical (unpaired) electrons. The molecule has 5 nitrogen and oxygen atoms in total. The molecular weight excluding hydrogens is 460 g/mol. The van der Waals surface area contributed by atoms with Crippen molar-refractivity contribution in [3.05, 3.63) is 65.0 Å². The first-order valence-electron chi connectivity index (χ1n) is 8.71. The largest absolute Gasteiger partial charge is 0.467 e. The van der Waals surface area contributed by atoms with Crippen molar-refractivity contribution in [2.75, 3.05) is 20.4 Å².